The molecule has 1 aliphatic heterocycles. The molecule has 0 unspecified atom stereocenters. The van der Waals surface area contributed by atoms with E-state index >= 15 is 0 Å². The molecule has 142 valence electrons. The van der Waals surface area contributed by atoms with Gasteiger partial charge in [-0.2, -0.15) is 0 Å². The van der Waals surface area contributed by atoms with Crippen LogP contribution in [0, 0.1) is 11.8 Å². The summed E-state index contributed by atoms with van der Waals surface area (Å²) in [6.45, 7) is 4.54. The average molecular weight is 368 g/mol. The Labute approximate surface area is 157 Å². The SMILES string of the molecule is CC(C)Cc1cc(C(=O)N2C[C@@H](C(=O)O)[C@H](c3ccccc3)C2)cc(=O)[nH]1. The molecule has 2 atom stereocenters. The topological polar surface area (TPSA) is 90.5 Å². The zero-order valence-electron chi connectivity index (χ0n) is 15.5. The van der Waals surface area contributed by atoms with E-state index in [0.29, 0.717) is 24.4 Å². The maximum Gasteiger partial charge on any atom is 0.308 e. The van der Waals surface area contributed by atoms with E-state index in [1.807, 2.05) is 44.2 Å². The third kappa shape index (κ3) is 4.27. The van der Waals surface area contributed by atoms with Crippen LogP contribution >= 0.6 is 0 Å². The van der Waals surface area contributed by atoms with Gasteiger partial charge in [-0.1, -0.05) is 44.2 Å². The number of benzene rings is 1. The van der Waals surface area contributed by atoms with Gasteiger partial charge < -0.3 is 15.0 Å². The molecule has 27 heavy (non-hydrogen) atoms. The van der Waals surface area contributed by atoms with Crippen molar-refractivity contribution in [2.75, 3.05) is 13.1 Å². The Bertz CT molecular complexity index is 889. The van der Waals surface area contributed by atoms with Crippen LogP contribution in [-0.4, -0.2) is 40.0 Å². The number of nitrogens with zero attached hydrogens (tertiary/aromatic N) is 1. The first kappa shape index (κ1) is 18.9. The van der Waals surface area contributed by atoms with Gasteiger partial charge in [0.2, 0.25) is 5.56 Å². The van der Waals surface area contributed by atoms with E-state index in [0.717, 1.165) is 11.3 Å². The fourth-order valence-electron chi connectivity index (χ4n) is 3.71. The smallest absolute Gasteiger partial charge is 0.308 e. The van der Waals surface area contributed by atoms with Gasteiger partial charge in [-0.05, 0) is 24.0 Å². The standard InChI is InChI=1S/C21H24N2O4/c1-13(2)8-16-9-15(10-19(24)22-16)20(25)23-11-17(18(12-23)21(26)27)14-6-4-3-5-7-14/h3-7,9-10,13,17-18H,8,11-12H2,1-2H3,(H,22,24)(H,26,27)/t17-,18+/m0/s1. The summed E-state index contributed by atoms with van der Waals surface area (Å²) in [5.41, 5.74) is 1.62. The molecule has 3 rings (SSSR count). The van der Waals surface area contributed by atoms with Gasteiger partial charge in [0.1, 0.15) is 0 Å². The van der Waals surface area contributed by atoms with Gasteiger partial charge in [-0.25, -0.2) is 0 Å². The number of hydrogen-bond acceptors (Lipinski definition) is 3. The van der Waals surface area contributed by atoms with Crippen LogP contribution in [0.1, 0.15) is 41.4 Å². The lowest BCUT2D eigenvalue weighted by Crippen LogP contribution is -2.31. The molecule has 1 aromatic heterocycles. The maximum absolute atomic E-state index is 13.0. The molecular weight excluding hydrogens is 344 g/mol. The first-order chi connectivity index (χ1) is 12.8. The second-order valence-electron chi connectivity index (χ2n) is 7.53. The first-order valence-electron chi connectivity index (χ1n) is 9.15. The van der Waals surface area contributed by atoms with Crippen LogP contribution in [0.2, 0.25) is 0 Å². The number of carboxylic acid groups (broad SMARTS) is 1. The molecular formula is C21H24N2O4. The van der Waals surface area contributed by atoms with E-state index in [9.17, 15) is 19.5 Å². The van der Waals surface area contributed by atoms with Crippen LogP contribution in [0.25, 0.3) is 0 Å². The molecule has 2 aromatic rings. The van der Waals surface area contributed by atoms with Crippen LogP contribution in [0.15, 0.2) is 47.3 Å². The quantitative estimate of drug-likeness (QED) is 0.848. The fourth-order valence-corrected chi connectivity index (χ4v) is 3.71. The van der Waals surface area contributed by atoms with E-state index < -0.39 is 11.9 Å². The molecule has 0 saturated carbocycles. The Kier molecular flexibility index (Phi) is 5.44. The summed E-state index contributed by atoms with van der Waals surface area (Å²) in [6.07, 6.45) is 0.667. The van der Waals surface area contributed by atoms with E-state index in [-0.39, 0.29) is 23.9 Å². The minimum absolute atomic E-state index is 0.139. The number of aliphatic carboxylic acids is 1. The Hall–Kier alpha value is -2.89. The van der Waals surface area contributed by atoms with E-state index in [4.69, 9.17) is 0 Å². The predicted octanol–water partition coefficient (Wildman–Crippen LogP) is 2.51. The summed E-state index contributed by atoms with van der Waals surface area (Å²) in [5.74, 6) is -1.78. The van der Waals surface area contributed by atoms with Crippen molar-refractivity contribution >= 4 is 11.9 Å². The maximum atomic E-state index is 13.0. The van der Waals surface area contributed by atoms with Crippen molar-refractivity contribution in [2.24, 2.45) is 11.8 Å². The molecule has 0 bridgehead atoms. The molecule has 2 N–H and O–H groups in total. The highest BCUT2D eigenvalue weighted by atomic mass is 16.4. The van der Waals surface area contributed by atoms with E-state index in [1.165, 1.54) is 6.07 Å². The second kappa shape index (κ2) is 7.78. The molecule has 0 spiro atoms. The highest BCUT2D eigenvalue weighted by Crippen LogP contribution is 2.33. The highest BCUT2D eigenvalue weighted by Gasteiger charge is 2.40. The van der Waals surface area contributed by atoms with Crippen molar-refractivity contribution in [1.29, 1.82) is 0 Å². The Morgan fingerprint density at radius 2 is 1.89 bits per heavy atom. The molecule has 1 fully saturated rings. The number of aromatic nitrogens is 1. The van der Waals surface area contributed by atoms with E-state index in [1.54, 1.807) is 11.0 Å². The average Bonchev–Trinajstić information content (AvgIpc) is 3.06. The molecule has 6 heteroatoms. The number of aromatic amines is 1. The van der Waals surface area contributed by atoms with Crippen LogP contribution in [0.5, 0.6) is 0 Å². The van der Waals surface area contributed by atoms with Gasteiger partial charge in [-0.3, -0.25) is 14.4 Å². The van der Waals surface area contributed by atoms with Gasteiger partial charge in [0.15, 0.2) is 0 Å². The molecule has 6 nitrogen and oxygen atoms in total. The van der Waals surface area contributed by atoms with Gasteiger partial charge in [0.05, 0.1) is 5.92 Å². The van der Waals surface area contributed by atoms with Gasteiger partial charge in [0.25, 0.3) is 5.91 Å². The zero-order valence-corrected chi connectivity index (χ0v) is 15.5. The monoisotopic (exact) mass is 368 g/mol. The lowest BCUT2D eigenvalue weighted by Gasteiger charge is -2.17. The molecule has 1 amide bonds. The number of carbonyl (C=O) groups is 2. The van der Waals surface area contributed by atoms with Gasteiger partial charge in [-0.15, -0.1) is 0 Å². The molecule has 1 aliphatic rings. The van der Waals surface area contributed by atoms with Crippen molar-refractivity contribution in [2.45, 2.75) is 26.2 Å². The summed E-state index contributed by atoms with van der Waals surface area (Å²) in [6, 6.07) is 12.4. The van der Waals surface area contributed by atoms with Crippen molar-refractivity contribution in [3.63, 3.8) is 0 Å². The van der Waals surface area contributed by atoms with Crippen LogP contribution in [0.4, 0.5) is 0 Å². The van der Waals surface area contributed by atoms with Gasteiger partial charge >= 0.3 is 5.97 Å². The van der Waals surface area contributed by atoms with Crippen molar-refractivity contribution in [3.05, 3.63) is 69.6 Å². The third-order valence-corrected chi connectivity index (χ3v) is 4.93. The van der Waals surface area contributed by atoms with Crippen LogP contribution < -0.4 is 5.56 Å². The van der Waals surface area contributed by atoms with E-state index in [2.05, 4.69) is 4.98 Å². The summed E-state index contributed by atoms with van der Waals surface area (Å²) < 4.78 is 0. The number of H-pyrrole nitrogens is 1. The molecule has 1 saturated heterocycles. The van der Waals surface area contributed by atoms with Crippen molar-refractivity contribution in [1.82, 2.24) is 9.88 Å². The minimum atomic E-state index is -0.912. The lowest BCUT2D eigenvalue weighted by molar-refractivity contribution is -0.141. The summed E-state index contributed by atoms with van der Waals surface area (Å²) in [5, 5.41) is 9.61. The number of amides is 1. The lowest BCUT2D eigenvalue weighted by atomic mass is 9.89. The highest BCUT2D eigenvalue weighted by molar-refractivity contribution is 5.95. The summed E-state index contributed by atoms with van der Waals surface area (Å²) in [4.78, 5) is 41.0. The number of rotatable bonds is 5. The number of carboxylic acids is 1. The van der Waals surface area contributed by atoms with Gasteiger partial charge in [0, 0.05) is 36.3 Å². The van der Waals surface area contributed by atoms with Crippen LogP contribution in [-0.2, 0) is 11.2 Å². The normalized spacial score (nSPS) is 19.4. The molecule has 0 aliphatic carbocycles. The Morgan fingerprint density at radius 1 is 1.19 bits per heavy atom. The van der Waals surface area contributed by atoms with Crippen molar-refractivity contribution < 1.29 is 14.7 Å². The molecule has 2 heterocycles. The minimum Gasteiger partial charge on any atom is -0.481 e. The van der Waals surface area contributed by atoms with Crippen molar-refractivity contribution in [3.8, 4) is 0 Å². The van der Waals surface area contributed by atoms with Crippen LogP contribution in [0.3, 0.4) is 0 Å². The zero-order chi connectivity index (χ0) is 19.6. The Morgan fingerprint density at radius 3 is 2.52 bits per heavy atom. The number of carbonyl (C=O) groups excluding carboxylic acids is 1. The number of hydrogen-bond donors (Lipinski definition) is 2. The molecule has 1 aromatic carbocycles. The second-order valence-corrected chi connectivity index (χ2v) is 7.53. The third-order valence-electron chi connectivity index (χ3n) is 4.93. The summed E-state index contributed by atoms with van der Waals surface area (Å²) in [7, 11) is 0. The number of pyridine rings is 1. The number of nitrogens with one attached hydrogen (secondary N) is 1. The number of likely N-dealkylation sites (tertiary alicyclic amines) is 1. The predicted molar refractivity (Wildman–Crippen MR) is 102 cm³/mol. The Balaban J connectivity index is 1.86. The fraction of sp³-hybridized carbons (Fsp3) is 0.381. The first-order valence-corrected chi connectivity index (χ1v) is 9.15. The largest absolute Gasteiger partial charge is 0.481 e. The molecule has 0 radical (unpaired) electrons. The summed E-state index contributed by atoms with van der Waals surface area (Å²) >= 11 is 0.